The van der Waals surface area contributed by atoms with Gasteiger partial charge in [0.25, 0.3) is 0 Å². The molecule has 24 heavy (non-hydrogen) atoms. The summed E-state index contributed by atoms with van der Waals surface area (Å²) < 4.78 is 11.1. The third-order valence-electron chi connectivity index (χ3n) is 4.00. The Morgan fingerprint density at radius 1 is 1.04 bits per heavy atom. The number of methoxy groups -OCH3 is 1. The molecule has 1 N–H and O–H groups in total. The molecule has 2 heterocycles. The second-order valence-electron chi connectivity index (χ2n) is 7.14. The fraction of sp³-hybridized carbons (Fsp3) is 0.316. The first-order valence-corrected chi connectivity index (χ1v) is 11.9. The Hall–Kier alpha value is -2.27. The maximum Gasteiger partial charge on any atom is 0.213 e. The molecule has 0 unspecified atom stereocenters. The van der Waals surface area contributed by atoms with E-state index in [0.29, 0.717) is 5.88 Å². The molecule has 3 aromatic rings. The number of benzene rings is 1. The molecule has 126 valence electrons. The normalized spacial score (nSPS) is 11.7. The quantitative estimate of drug-likeness (QED) is 0.645. The van der Waals surface area contributed by atoms with Crippen molar-refractivity contribution in [1.29, 1.82) is 0 Å². The van der Waals surface area contributed by atoms with Gasteiger partial charge in [0.2, 0.25) is 5.88 Å². The van der Waals surface area contributed by atoms with Gasteiger partial charge < -0.3 is 14.5 Å². The summed E-state index contributed by atoms with van der Waals surface area (Å²) in [5, 5.41) is 0. The van der Waals surface area contributed by atoms with Crippen molar-refractivity contribution in [3.8, 4) is 22.8 Å². The Bertz CT molecular complexity index is 819. The van der Waals surface area contributed by atoms with Gasteiger partial charge in [-0.1, -0.05) is 31.8 Å². The van der Waals surface area contributed by atoms with Crippen molar-refractivity contribution in [3.63, 3.8) is 0 Å². The van der Waals surface area contributed by atoms with Crippen LogP contribution in [0.1, 0.15) is 0 Å². The number of H-pyrrole nitrogens is 1. The molecule has 0 aliphatic heterocycles. The number of fused-ring (bicyclic) bond motifs is 1. The first-order valence-electron chi connectivity index (χ1n) is 8.22. The van der Waals surface area contributed by atoms with Crippen LogP contribution in [0.4, 0.5) is 0 Å². The zero-order valence-corrected chi connectivity index (χ0v) is 15.7. The van der Waals surface area contributed by atoms with Crippen LogP contribution in [0, 0.1) is 0 Å². The summed E-state index contributed by atoms with van der Waals surface area (Å²) >= 11 is 0. The molecule has 0 saturated carbocycles. The highest BCUT2D eigenvalue weighted by atomic mass is 28.3. The molecule has 0 saturated heterocycles. The molecule has 1 aromatic carbocycles. The Kier molecular flexibility index (Phi) is 4.62. The molecule has 0 radical (unpaired) electrons. The van der Waals surface area contributed by atoms with Crippen LogP contribution in [0.5, 0.6) is 11.6 Å². The summed E-state index contributed by atoms with van der Waals surface area (Å²) in [6.07, 6.45) is 1.99. The number of hydrogen-bond donors (Lipinski definition) is 1. The standard InChI is InChI=1S/C19H24N2O2Si/c1-22-15-7-5-14(6-8-15)16-13-20-17-9-10-18(21-19(16)17)23-11-12-24(2,3)4/h5-10,13,20H,11-12H2,1-4H3. The lowest BCUT2D eigenvalue weighted by molar-refractivity contribution is 0.326. The molecule has 0 fully saturated rings. The Balaban J connectivity index is 1.85. The number of nitrogens with zero attached hydrogens (tertiary/aromatic N) is 1. The molecule has 0 spiro atoms. The van der Waals surface area contributed by atoms with E-state index in [-0.39, 0.29) is 0 Å². The van der Waals surface area contributed by atoms with E-state index in [2.05, 4.69) is 24.6 Å². The van der Waals surface area contributed by atoms with E-state index >= 15 is 0 Å². The second-order valence-corrected chi connectivity index (χ2v) is 12.8. The highest BCUT2D eigenvalue weighted by Gasteiger charge is 2.13. The fourth-order valence-corrected chi connectivity index (χ4v) is 3.23. The minimum Gasteiger partial charge on any atom is -0.497 e. The molecular formula is C19H24N2O2Si. The molecule has 0 atom stereocenters. The maximum absolute atomic E-state index is 5.88. The fourth-order valence-electron chi connectivity index (χ4n) is 2.51. The highest BCUT2D eigenvalue weighted by Crippen LogP contribution is 2.30. The van der Waals surface area contributed by atoms with Gasteiger partial charge in [0.05, 0.1) is 24.8 Å². The van der Waals surface area contributed by atoms with Gasteiger partial charge in [0.1, 0.15) is 5.75 Å². The molecule has 3 rings (SSSR count). The van der Waals surface area contributed by atoms with E-state index in [4.69, 9.17) is 14.5 Å². The number of rotatable bonds is 6. The predicted octanol–water partition coefficient (Wildman–Crippen LogP) is 4.96. The number of pyridine rings is 1. The molecule has 5 heteroatoms. The van der Waals surface area contributed by atoms with Crippen LogP contribution in [0.3, 0.4) is 0 Å². The molecule has 0 aliphatic carbocycles. The van der Waals surface area contributed by atoms with E-state index in [9.17, 15) is 0 Å². The third kappa shape index (κ3) is 3.79. The largest absolute Gasteiger partial charge is 0.497 e. The number of hydrogen-bond acceptors (Lipinski definition) is 3. The molecular weight excluding hydrogens is 316 g/mol. The Morgan fingerprint density at radius 2 is 1.79 bits per heavy atom. The SMILES string of the molecule is COc1ccc(-c2c[nH]c3ccc(OCC[Si](C)(C)C)nc23)cc1. The Labute approximate surface area is 143 Å². The van der Waals surface area contributed by atoms with Crippen LogP contribution in [0.2, 0.25) is 25.7 Å². The van der Waals surface area contributed by atoms with Crippen molar-refractivity contribution in [1.82, 2.24) is 9.97 Å². The van der Waals surface area contributed by atoms with Gasteiger partial charge in [0.15, 0.2) is 0 Å². The van der Waals surface area contributed by atoms with Gasteiger partial charge in [-0.05, 0) is 29.8 Å². The number of aromatic nitrogens is 2. The van der Waals surface area contributed by atoms with Gasteiger partial charge >= 0.3 is 0 Å². The lowest BCUT2D eigenvalue weighted by Crippen LogP contribution is -2.22. The zero-order valence-electron chi connectivity index (χ0n) is 14.7. The summed E-state index contributed by atoms with van der Waals surface area (Å²) in [6, 6.07) is 13.1. The summed E-state index contributed by atoms with van der Waals surface area (Å²) in [4.78, 5) is 7.98. The van der Waals surface area contributed by atoms with Crippen LogP contribution in [0.25, 0.3) is 22.2 Å². The third-order valence-corrected chi connectivity index (χ3v) is 5.70. The molecule has 4 nitrogen and oxygen atoms in total. The van der Waals surface area contributed by atoms with E-state index in [1.165, 1.54) is 0 Å². The second kappa shape index (κ2) is 6.69. The molecule has 0 amide bonds. The average Bonchev–Trinajstić information content (AvgIpc) is 2.97. The molecule has 0 aliphatic rings. The predicted molar refractivity (Wildman–Crippen MR) is 102 cm³/mol. The minimum absolute atomic E-state index is 0.690. The lowest BCUT2D eigenvalue weighted by atomic mass is 10.1. The Morgan fingerprint density at radius 3 is 2.46 bits per heavy atom. The zero-order chi connectivity index (χ0) is 17.2. The van der Waals surface area contributed by atoms with Crippen molar-refractivity contribution in [2.24, 2.45) is 0 Å². The number of aromatic amines is 1. The summed E-state index contributed by atoms with van der Waals surface area (Å²) in [6.45, 7) is 7.78. The van der Waals surface area contributed by atoms with Crippen LogP contribution < -0.4 is 9.47 Å². The highest BCUT2D eigenvalue weighted by molar-refractivity contribution is 6.76. The van der Waals surface area contributed by atoms with Crippen molar-refractivity contribution in [2.45, 2.75) is 25.7 Å². The summed E-state index contributed by atoms with van der Waals surface area (Å²) in [7, 11) is 0.578. The van der Waals surface area contributed by atoms with Gasteiger partial charge in [-0.15, -0.1) is 0 Å². The topological polar surface area (TPSA) is 47.1 Å². The summed E-state index contributed by atoms with van der Waals surface area (Å²) in [5.74, 6) is 1.54. The first-order chi connectivity index (χ1) is 11.5. The maximum atomic E-state index is 5.88. The van der Waals surface area contributed by atoms with Gasteiger partial charge in [-0.2, -0.15) is 0 Å². The van der Waals surface area contributed by atoms with Gasteiger partial charge in [0, 0.05) is 25.9 Å². The minimum atomic E-state index is -1.10. The number of nitrogens with one attached hydrogen (secondary N) is 1. The van der Waals surface area contributed by atoms with Crippen molar-refractivity contribution < 1.29 is 9.47 Å². The van der Waals surface area contributed by atoms with Gasteiger partial charge in [-0.3, -0.25) is 0 Å². The molecule has 2 aromatic heterocycles. The van der Waals surface area contributed by atoms with E-state index in [0.717, 1.165) is 40.6 Å². The van der Waals surface area contributed by atoms with E-state index in [1.807, 2.05) is 42.6 Å². The van der Waals surface area contributed by atoms with E-state index < -0.39 is 8.07 Å². The van der Waals surface area contributed by atoms with Crippen molar-refractivity contribution in [3.05, 3.63) is 42.6 Å². The average molecular weight is 340 g/mol. The van der Waals surface area contributed by atoms with Crippen LogP contribution in [0.15, 0.2) is 42.6 Å². The van der Waals surface area contributed by atoms with Crippen molar-refractivity contribution in [2.75, 3.05) is 13.7 Å². The number of ether oxygens (including phenoxy) is 2. The lowest BCUT2D eigenvalue weighted by Gasteiger charge is -2.15. The smallest absolute Gasteiger partial charge is 0.213 e. The van der Waals surface area contributed by atoms with Gasteiger partial charge in [-0.25, -0.2) is 4.98 Å². The van der Waals surface area contributed by atoms with Crippen LogP contribution in [-0.4, -0.2) is 31.8 Å². The van der Waals surface area contributed by atoms with Crippen LogP contribution >= 0.6 is 0 Å². The van der Waals surface area contributed by atoms with Crippen molar-refractivity contribution >= 4 is 19.1 Å². The molecule has 0 bridgehead atoms. The monoisotopic (exact) mass is 340 g/mol. The first kappa shape index (κ1) is 16.6. The van der Waals surface area contributed by atoms with Crippen LogP contribution in [-0.2, 0) is 0 Å². The summed E-state index contributed by atoms with van der Waals surface area (Å²) in [5.41, 5.74) is 4.13. The van der Waals surface area contributed by atoms with E-state index in [1.54, 1.807) is 7.11 Å².